The summed E-state index contributed by atoms with van der Waals surface area (Å²) in [6.45, 7) is 17.9. The molecule has 12 atom stereocenters. The van der Waals surface area contributed by atoms with E-state index in [-0.39, 0.29) is 37.2 Å². The van der Waals surface area contributed by atoms with Gasteiger partial charge in [-0.3, -0.25) is 9.59 Å². The van der Waals surface area contributed by atoms with Gasteiger partial charge in [-0.25, -0.2) is 0 Å². The first-order valence-electron chi connectivity index (χ1n) is 19.2. The summed E-state index contributed by atoms with van der Waals surface area (Å²) < 4.78 is 10.4. The van der Waals surface area contributed by atoms with Crippen LogP contribution >= 0.6 is 34.8 Å². The van der Waals surface area contributed by atoms with E-state index in [1.165, 1.54) is 0 Å². The monoisotopic (exact) mass is 846 g/mol. The first kappa shape index (κ1) is 44.3. The van der Waals surface area contributed by atoms with Crippen molar-refractivity contribution in [2.24, 2.45) is 32.5 Å². The van der Waals surface area contributed by atoms with Crippen LogP contribution < -0.4 is 0 Å². The molecule has 0 amide bonds. The van der Waals surface area contributed by atoms with E-state index in [2.05, 4.69) is 13.2 Å². The number of ketones is 2. The Morgan fingerprint density at radius 1 is 0.643 bits per heavy atom. The van der Waals surface area contributed by atoms with Crippen molar-refractivity contribution in [1.29, 1.82) is 0 Å². The topological polar surface area (TPSA) is 214 Å². The largest absolute Gasteiger partial charge is 0.390 e. The van der Waals surface area contributed by atoms with Gasteiger partial charge in [0.1, 0.15) is 22.4 Å². The normalized spacial score (nSPS) is 51.7. The Kier molecular flexibility index (Phi) is 10.2. The zero-order valence-corrected chi connectivity index (χ0v) is 35.1. The second-order valence-electron chi connectivity index (χ2n) is 19.3. The number of Topliss-reactive ketones (excluding diaryl/α,β-unsaturated/α-hetero) is 2. The SMILES string of the molecule is C=C[C@]1(C)C=C2C(=O)[C@@]3(O)OC[C@@]4(CCCC(C)(C)[C@@]43O)[C@@]2(O)[C@H](O)C1.C=C[C@]1(C)C=C2C(=O)[C@@]3(O)OC[C@@]4(CCCC(C)(C)[C@@]43O)[C@@]2(O)[C@H](O)C1.ClC(Cl)Cl. The summed E-state index contributed by atoms with van der Waals surface area (Å²) in [5.74, 6) is -6.60. The van der Waals surface area contributed by atoms with Gasteiger partial charge in [0.2, 0.25) is 11.6 Å². The molecule has 0 radical (unpaired) electrons. The van der Waals surface area contributed by atoms with Gasteiger partial charge in [-0.2, -0.15) is 0 Å². The molecular formula is C41H57Cl3O12. The molecule has 12 nitrogen and oxygen atoms in total. The van der Waals surface area contributed by atoms with Crippen LogP contribution in [0.3, 0.4) is 0 Å². The highest BCUT2D eigenvalue weighted by Crippen LogP contribution is 2.74. The summed E-state index contributed by atoms with van der Waals surface area (Å²) in [5.41, 5.74) is -14.0. The number of hydrogen-bond acceptors (Lipinski definition) is 12. The van der Waals surface area contributed by atoms with Gasteiger partial charge in [0.05, 0.1) is 36.3 Å². The lowest BCUT2D eigenvalue weighted by Gasteiger charge is -2.66. The van der Waals surface area contributed by atoms with Crippen LogP contribution in [0.5, 0.6) is 0 Å². The highest BCUT2D eigenvalue weighted by Gasteiger charge is 2.89. The predicted octanol–water partition coefficient (Wildman–Crippen LogP) is 3.65. The summed E-state index contributed by atoms with van der Waals surface area (Å²) in [5, 5.41) is 91.9. The first-order chi connectivity index (χ1) is 25.4. The second-order valence-corrected chi connectivity index (χ2v) is 21.3. The number of carbonyl (C=O) groups is 2. The number of ether oxygens (including phenoxy) is 2. The van der Waals surface area contributed by atoms with Gasteiger partial charge in [0.25, 0.3) is 11.6 Å². The fourth-order valence-electron chi connectivity index (χ4n) is 12.6. The molecule has 314 valence electrons. The minimum atomic E-state index is -2.44. The Morgan fingerprint density at radius 2 is 0.946 bits per heavy atom. The van der Waals surface area contributed by atoms with E-state index in [0.29, 0.717) is 38.5 Å². The molecule has 0 unspecified atom stereocenters. The number of rotatable bonds is 2. The molecule has 0 aromatic carbocycles. The fourth-order valence-corrected chi connectivity index (χ4v) is 12.6. The Hall–Kier alpha value is -1.23. The minimum Gasteiger partial charge on any atom is -0.390 e. The van der Waals surface area contributed by atoms with Crippen LogP contribution in [0.2, 0.25) is 0 Å². The molecule has 56 heavy (non-hydrogen) atoms. The lowest BCUT2D eigenvalue weighted by molar-refractivity contribution is -0.327. The quantitative estimate of drug-likeness (QED) is 0.148. The molecule has 0 aromatic heterocycles. The van der Waals surface area contributed by atoms with Crippen LogP contribution in [-0.4, -0.2) is 116 Å². The van der Waals surface area contributed by atoms with E-state index < -0.39 is 94.5 Å². The highest BCUT2D eigenvalue weighted by molar-refractivity contribution is 6.63. The molecule has 6 aliphatic carbocycles. The van der Waals surface area contributed by atoms with Crippen LogP contribution in [0.1, 0.15) is 92.9 Å². The molecule has 2 aliphatic heterocycles. The Bertz CT molecular complexity index is 1670. The van der Waals surface area contributed by atoms with Crippen LogP contribution in [-0.2, 0) is 19.1 Å². The van der Waals surface area contributed by atoms with Gasteiger partial charge in [0, 0.05) is 32.8 Å². The number of hydrogen-bond donors (Lipinski definition) is 8. The molecule has 15 heteroatoms. The van der Waals surface area contributed by atoms with Gasteiger partial charge in [-0.05, 0) is 38.5 Å². The number of allylic oxidation sites excluding steroid dienone is 4. The van der Waals surface area contributed by atoms with Crippen LogP contribution in [0.25, 0.3) is 0 Å². The number of fused-ring (bicyclic) bond motifs is 2. The van der Waals surface area contributed by atoms with Gasteiger partial charge < -0.3 is 50.3 Å². The van der Waals surface area contributed by atoms with Crippen molar-refractivity contribution in [3.8, 4) is 0 Å². The number of alkyl halides is 3. The molecule has 2 heterocycles. The van der Waals surface area contributed by atoms with Crippen molar-refractivity contribution in [2.45, 2.75) is 143 Å². The van der Waals surface area contributed by atoms with Crippen LogP contribution in [0, 0.1) is 32.5 Å². The Morgan fingerprint density at radius 3 is 1.23 bits per heavy atom. The van der Waals surface area contributed by atoms with Gasteiger partial charge in [0.15, 0.2) is 4.30 Å². The smallest absolute Gasteiger partial charge is 0.262 e. The van der Waals surface area contributed by atoms with E-state index in [4.69, 9.17) is 44.3 Å². The number of aliphatic hydroxyl groups excluding tert-OH is 2. The number of carbonyl (C=O) groups excluding carboxylic acids is 2. The van der Waals surface area contributed by atoms with Crippen LogP contribution in [0.4, 0.5) is 0 Å². The summed E-state index contributed by atoms with van der Waals surface area (Å²) in [6.07, 6.45) is 7.35. The zero-order chi connectivity index (χ0) is 42.4. The van der Waals surface area contributed by atoms with Gasteiger partial charge >= 0.3 is 0 Å². The fraction of sp³-hybridized carbons (Fsp3) is 0.756. The Balaban J connectivity index is 0.000000174. The summed E-state index contributed by atoms with van der Waals surface area (Å²) >= 11 is 14.4. The lowest BCUT2D eigenvalue weighted by atomic mass is 9.39. The first-order valence-corrected chi connectivity index (χ1v) is 20.5. The molecule has 4 saturated carbocycles. The van der Waals surface area contributed by atoms with E-state index in [0.717, 1.165) is 0 Å². The van der Waals surface area contributed by atoms with E-state index >= 15 is 0 Å². The maximum atomic E-state index is 13.3. The predicted molar refractivity (Wildman–Crippen MR) is 207 cm³/mol. The molecule has 0 spiro atoms. The average molecular weight is 848 g/mol. The summed E-state index contributed by atoms with van der Waals surface area (Å²) in [6, 6.07) is 0. The maximum absolute atomic E-state index is 13.3. The van der Waals surface area contributed by atoms with Crippen molar-refractivity contribution in [2.75, 3.05) is 13.2 Å². The third kappa shape index (κ3) is 4.85. The lowest BCUT2D eigenvalue weighted by Crippen LogP contribution is -2.83. The van der Waals surface area contributed by atoms with E-state index in [1.807, 2.05) is 0 Å². The average Bonchev–Trinajstić information content (AvgIpc) is 3.47. The second kappa shape index (κ2) is 12.9. The van der Waals surface area contributed by atoms with Crippen molar-refractivity contribution in [1.82, 2.24) is 0 Å². The minimum absolute atomic E-state index is 0.0685. The number of aliphatic hydroxyl groups is 8. The Labute approximate surface area is 342 Å². The molecule has 8 rings (SSSR count). The molecule has 0 aromatic rings. The van der Waals surface area contributed by atoms with Gasteiger partial charge in [-0.1, -0.05) is 113 Å². The van der Waals surface area contributed by atoms with Crippen molar-refractivity contribution >= 4 is 46.4 Å². The zero-order valence-electron chi connectivity index (χ0n) is 32.9. The third-order valence-corrected chi connectivity index (χ3v) is 15.7. The van der Waals surface area contributed by atoms with Crippen molar-refractivity contribution < 1.29 is 59.9 Å². The molecule has 8 N–H and O–H groups in total. The summed E-state index contributed by atoms with van der Waals surface area (Å²) in [4.78, 5) is 26.7. The maximum Gasteiger partial charge on any atom is 0.262 e. The molecule has 6 fully saturated rings. The van der Waals surface area contributed by atoms with Crippen LogP contribution in [0.15, 0.2) is 48.6 Å². The molecule has 8 aliphatic rings. The van der Waals surface area contributed by atoms with E-state index in [1.54, 1.807) is 65.8 Å². The van der Waals surface area contributed by atoms with Gasteiger partial charge in [-0.15, -0.1) is 13.2 Å². The highest BCUT2D eigenvalue weighted by atomic mass is 35.6. The molecule has 2 saturated heterocycles. The standard InChI is InChI=1S/2C20H28O6.CHCl3/c2*1-5-16(4)9-12-14(22)19(24)20(25)15(2,3)7-6-8-17(20,11-26-19)18(12,23)13(21)10-16;2-1(3)4/h2*5,9,13,21,23-25H,1,6-8,10-11H2,2-4H3;1H/t2*13-,16-,17+,18+,19-,20-;/m11./s1. The van der Waals surface area contributed by atoms with Crippen molar-refractivity contribution in [3.05, 3.63) is 48.6 Å². The molecular weight excluding hydrogens is 791 g/mol. The van der Waals surface area contributed by atoms with E-state index in [9.17, 15) is 50.4 Å². The number of halogens is 3. The molecule has 4 bridgehead atoms. The third-order valence-electron chi connectivity index (χ3n) is 15.7. The van der Waals surface area contributed by atoms with Crippen molar-refractivity contribution in [3.63, 3.8) is 0 Å². The summed E-state index contributed by atoms with van der Waals surface area (Å²) in [7, 11) is 0.